The van der Waals surface area contributed by atoms with Gasteiger partial charge in [0.05, 0.1) is 0 Å². The van der Waals surface area contributed by atoms with Gasteiger partial charge in [0.25, 0.3) is 5.91 Å². The van der Waals surface area contributed by atoms with Crippen LogP contribution in [0.2, 0.25) is 0 Å². The summed E-state index contributed by atoms with van der Waals surface area (Å²) in [6.07, 6.45) is 1.42. The summed E-state index contributed by atoms with van der Waals surface area (Å²) in [6, 6.07) is 7.38. The van der Waals surface area contributed by atoms with E-state index in [-0.39, 0.29) is 12.5 Å². The fraction of sp³-hybridized carbons (Fsp3) is 0.467. The lowest BCUT2D eigenvalue weighted by atomic mass is 10.2. The highest BCUT2D eigenvalue weighted by Crippen LogP contribution is 2.11. The van der Waals surface area contributed by atoms with Crippen LogP contribution in [0.1, 0.15) is 25.3 Å². The minimum atomic E-state index is -0.498. The number of ether oxygens (including phenoxy) is 1. The first kappa shape index (κ1) is 17.0. The minimum absolute atomic E-state index is 0.0690. The zero-order chi connectivity index (χ0) is 15.5. The molecule has 6 heteroatoms. The Balaban J connectivity index is 2.20. The van der Waals surface area contributed by atoms with Crippen LogP contribution >= 0.6 is 0 Å². The van der Waals surface area contributed by atoms with Crippen LogP contribution in [0.4, 0.5) is 0 Å². The number of carbonyl (C=O) groups excluding carboxylic acids is 2. The highest BCUT2D eigenvalue weighted by atomic mass is 16.5. The molecule has 1 rings (SSSR count). The van der Waals surface area contributed by atoms with Gasteiger partial charge in [-0.2, -0.15) is 0 Å². The van der Waals surface area contributed by atoms with E-state index in [4.69, 9.17) is 10.5 Å². The van der Waals surface area contributed by atoms with Crippen molar-refractivity contribution < 1.29 is 14.3 Å². The zero-order valence-electron chi connectivity index (χ0n) is 12.4. The molecule has 2 amide bonds. The Hall–Kier alpha value is -2.08. The van der Waals surface area contributed by atoms with Crippen LogP contribution in [-0.2, 0) is 16.1 Å². The predicted octanol–water partition coefficient (Wildman–Crippen LogP) is 0.557. The van der Waals surface area contributed by atoms with Crippen molar-refractivity contribution >= 4 is 11.8 Å². The fourth-order valence-corrected chi connectivity index (χ4v) is 1.65. The number of nitrogens with two attached hydrogens (primary N) is 1. The van der Waals surface area contributed by atoms with Gasteiger partial charge in [-0.05, 0) is 24.1 Å². The topological polar surface area (TPSA) is 93.4 Å². The fourth-order valence-electron chi connectivity index (χ4n) is 1.65. The van der Waals surface area contributed by atoms with Gasteiger partial charge in [-0.25, -0.2) is 0 Å². The molecule has 6 nitrogen and oxygen atoms in total. The van der Waals surface area contributed by atoms with Gasteiger partial charge in [-0.1, -0.05) is 19.1 Å². The molecule has 0 radical (unpaired) electrons. The number of hydrogen-bond donors (Lipinski definition) is 3. The summed E-state index contributed by atoms with van der Waals surface area (Å²) in [5, 5.41) is 6.03. The molecular formula is C15H23N3O3. The SMILES string of the molecule is CCCNC(=O)CCNCc1ccc(OCC(N)=O)cc1. The number of primary amides is 1. The van der Waals surface area contributed by atoms with Crippen LogP contribution in [0, 0.1) is 0 Å². The average molecular weight is 293 g/mol. The third-order valence-electron chi connectivity index (χ3n) is 2.73. The number of benzene rings is 1. The molecule has 0 atom stereocenters. The van der Waals surface area contributed by atoms with Crippen LogP contribution in [0.3, 0.4) is 0 Å². The Kier molecular flexibility index (Phi) is 7.89. The van der Waals surface area contributed by atoms with Crippen molar-refractivity contribution in [2.75, 3.05) is 19.7 Å². The van der Waals surface area contributed by atoms with Crippen LogP contribution < -0.4 is 21.1 Å². The highest BCUT2D eigenvalue weighted by Gasteiger charge is 2.00. The van der Waals surface area contributed by atoms with E-state index in [0.29, 0.717) is 25.3 Å². The summed E-state index contributed by atoms with van der Waals surface area (Å²) in [4.78, 5) is 22.0. The second-order valence-electron chi connectivity index (χ2n) is 4.68. The normalized spacial score (nSPS) is 10.1. The average Bonchev–Trinajstić information content (AvgIpc) is 2.48. The Labute approximate surface area is 125 Å². The smallest absolute Gasteiger partial charge is 0.255 e. The van der Waals surface area contributed by atoms with Crippen molar-refractivity contribution in [1.29, 1.82) is 0 Å². The molecular weight excluding hydrogens is 270 g/mol. The molecule has 1 aromatic carbocycles. The number of nitrogens with one attached hydrogen (secondary N) is 2. The van der Waals surface area contributed by atoms with Crippen molar-refractivity contribution in [2.24, 2.45) is 5.73 Å². The van der Waals surface area contributed by atoms with Crippen molar-refractivity contribution in [3.63, 3.8) is 0 Å². The summed E-state index contributed by atoms with van der Waals surface area (Å²) in [7, 11) is 0. The molecule has 0 aliphatic heterocycles. The first-order valence-corrected chi connectivity index (χ1v) is 7.09. The van der Waals surface area contributed by atoms with Crippen molar-refractivity contribution in [1.82, 2.24) is 10.6 Å². The number of rotatable bonds is 10. The highest BCUT2D eigenvalue weighted by molar-refractivity contribution is 5.76. The van der Waals surface area contributed by atoms with Crippen LogP contribution in [0.25, 0.3) is 0 Å². The monoisotopic (exact) mass is 293 g/mol. The number of carbonyl (C=O) groups is 2. The zero-order valence-corrected chi connectivity index (χ0v) is 12.4. The Morgan fingerprint density at radius 3 is 2.52 bits per heavy atom. The van der Waals surface area contributed by atoms with Crippen LogP contribution in [0.15, 0.2) is 24.3 Å². The van der Waals surface area contributed by atoms with Gasteiger partial charge in [0, 0.05) is 26.1 Å². The van der Waals surface area contributed by atoms with E-state index in [9.17, 15) is 9.59 Å². The molecule has 0 fully saturated rings. The summed E-state index contributed by atoms with van der Waals surface area (Å²) in [6.45, 7) is 3.94. The quantitative estimate of drug-likeness (QED) is 0.549. The van der Waals surface area contributed by atoms with E-state index in [1.165, 1.54) is 0 Å². The van der Waals surface area contributed by atoms with E-state index in [1.807, 2.05) is 19.1 Å². The van der Waals surface area contributed by atoms with Gasteiger partial charge in [-0.3, -0.25) is 9.59 Å². The molecule has 0 aliphatic rings. The summed E-state index contributed by atoms with van der Waals surface area (Å²) >= 11 is 0. The van der Waals surface area contributed by atoms with Gasteiger partial charge < -0.3 is 21.1 Å². The summed E-state index contributed by atoms with van der Waals surface area (Å²) < 4.78 is 5.17. The number of hydrogen-bond acceptors (Lipinski definition) is 4. The lowest BCUT2D eigenvalue weighted by molar-refractivity contribution is -0.121. The standard InChI is InChI=1S/C15H23N3O3/c1-2-8-18-15(20)7-9-17-10-12-3-5-13(6-4-12)21-11-14(16)19/h3-6,17H,2,7-11H2,1H3,(H2,16,19)(H,18,20). The molecule has 4 N–H and O–H groups in total. The molecule has 0 aromatic heterocycles. The van der Waals surface area contributed by atoms with Crippen molar-refractivity contribution in [3.05, 3.63) is 29.8 Å². The van der Waals surface area contributed by atoms with E-state index in [0.717, 1.165) is 18.5 Å². The van der Waals surface area contributed by atoms with Gasteiger partial charge in [-0.15, -0.1) is 0 Å². The van der Waals surface area contributed by atoms with Gasteiger partial charge in [0.2, 0.25) is 5.91 Å². The molecule has 1 aromatic rings. The first-order valence-electron chi connectivity index (χ1n) is 7.09. The first-order chi connectivity index (χ1) is 10.1. The number of amides is 2. The molecule has 21 heavy (non-hydrogen) atoms. The maximum atomic E-state index is 11.4. The predicted molar refractivity (Wildman–Crippen MR) is 80.8 cm³/mol. The Bertz CT molecular complexity index is 446. The van der Waals surface area contributed by atoms with E-state index < -0.39 is 5.91 Å². The van der Waals surface area contributed by atoms with E-state index in [1.54, 1.807) is 12.1 Å². The lowest BCUT2D eigenvalue weighted by Gasteiger charge is -2.07. The van der Waals surface area contributed by atoms with Gasteiger partial charge >= 0.3 is 0 Å². The lowest BCUT2D eigenvalue weighted by Crippen LogP contribution is -2.28. The molecule has 0 aliphatic carbocycles. The molecule has 0 bridgehead atoms. The third-order valence-corrected chi connectivity index (χ3v) is 2.73. The maximum absolute atomic E-state index is 11.4. The molecule has 0 unspecified atom stereocenters. The second-order valence-corrected chi connectivity index (χ2v) is 4.68. The largest absolute Gasteiger partial charge is 0.484 e. The third kappa shape index (κ3) is 7.94. The summed E-state index contributed by atoms with van der Waals surface area (Å²) in [5.74, 6) is 0.179. The van der Waals surface area contributed by atoms with E-state index >= 15 is 0 Å². The molecule has 0 saturated carbocycles. The van der Waals surface area contributed by atoms with E-state index in [2.05, 4.69) is 10.6 Å². The van der Waals surface area contributed by atoms with Crippen LogP contribution in [-0.4, -0.2) is 31.5 Å². The Morgan fingerprint density at radius 2 is 1.90 bits per heavy atom. The molecule has 116 valence electrons. The van der Waals surface area contributed by atoms with Gasteiger partial charge in [0.15, 0.2) is 6.61 Å². The van der Waals surface area contributed by atoms with Crippen molar-refractivity contribution in [2.45, 2.75) is 26.3 Å². The maximum Gasteiger partial charge on any atom is 0.255 e. The molecule has 0 saturated heterocycles. The second kappa shape index (κ2) is 9.77. The van der Waals surface area contributed by atoms with Crippen molar-refractivity contribution in [3.8, 4) is 5.75 Å². The minimum Gasteiger partial charge on any atom is -0.484 e. The molecule has 0 spiro atoms. The van der Waals surface area contributed by atoms with Crippen LogP contribution in [0.5, 0.6) is 5.75 Å². The van der Waals surface area contributed by atoms with Gasteiger partial charge in [0.1, 0.15) is 5.75 Å². The summed E-state index contributed by atoms with van der Waals surface area (Å²) in [5.41, 5.74) is 6.08. The molecule has 0 heterocycles. The Morgan fingerprint density at radius 1 is 1.19 bits per heavy atom.